The van der Waals surface area contributed by atoms with Crippen LogP contribution in [0.25, 0.3) is 0 Å². The summed E-state index contributed by atoms with van der Waals surface area (Å²) in [5.41, 5.74) is 0. The molecule has 0 heterocycles. The Morgan fingerprint density at radius 1 is 0.316 bits per heavy atom. The molecule has 0 saturated heterocycles. The third-order valence-corrected chi connectivity index (χ3v) is 16.0. The van der Waals surface area contributed by atoms with Crippen molar-refractivity contribution in [2.75, 3.05) is 6.61 Å². The summed E-state index contributed by atoms with van der Waals surface area (Å²) in [6, 6.07) is -1.01. The van der Waals surface area contributed by atoms with Crippen molar-refractivity contribution in [3.05, 3.63) is 48.6 Å². The van der Waals surface area contributed by atoms with E-state index in [2.05, 4.69) is 67.8 Å². The third kappa shape index (κ3) is 57.0. The number of carbonyl (C=O) groups is 1. The van der Waals surface area contributed by atoms with Crippen molar-refractivity contribution >= 4 is 5.91 Å². The summed E-state index contributed by atoms with van der Waals surface area (Å²) in [6.45, 7) is 4.09. The van der Waals surface area contributed by atoms with Gasteiger partial charge in [-0.05, 0) is 89.9 Å². The van der Waals surface area contributed by atoms with Crippen molar-refractivity contribution in [3.63, 3.8) is 0 Å². The molecular weight excluding hydrogens is 935 g/mol. The lowest BCUT2D eigenvalue weighted by molar-refractivity contribution is -0.132. The van der Waals surface area contributed by atoms with Crippen molar-refractivity contribution in [2.45, 2.75) is 385 Å². The zero-order chi connectivity index (χ0) is 55.1. The van der Waals surface area contributed by atoms with Gasteiger partial charge in [-0.3, -0.25) is 4.79 Å². The van der Waals surface area contributed by atoms with Crippen LogP contribution < -0.4 is 5.32 Å². The van der Waals surface area contributed by atoms with E-state index < -0.39 is 36.9 Å². The number of carbonyl (C=O) groups excluding carboxylic acids is 1. The van der Waals surface area contributed by atoms with Gasteiger partial charge >= 0.3 is 0 Å². The third-order valence-electron chi connectivity index (χ3n) is 16.0. The van der Waals surface area contributed by atoms with Gasteiger partial charge in [-0.1, -0.05) is 319 Å². The molecule has 4 atom stereocenters. The molecule has 5 N–H and O–H groups in total. The molecule has 0 bridgehead atoms. The maximum Gasteiger partial charge on any atom is 0.249 e. The van der Waals surface area contributed by atoms with Gasteiger partial charge in [-0.2, -0.15) is 0 Å². The van der Waals surface area contributed by atoms with Crippen molar-refractivity contribution in [1.29, 1.82) is 0 Å². The van der Waals surface area contributed by atoms with Gasteiger partial charge in [0.25, 0.3) is 0 Å². The summed E-state index contributed by atoms with van der Waals surface area (Å²) in [6.07, 6.45) is 83.7. The second-order valence-electron chi connectivity index (χ2n) is 23.5. The van der Waals surface area contributed by atoms with Crippen LogP contribution in [0.3, 0.4) is 0 Å². The van der Waals surface area contributed by atoms with Gasteiger partial charge in [-0.15, -0.1) is 0 Å². The highest BCUT2D eigenvalue weighted by molar-refractivity contribution is 5.80. The van der Waals surface area contributed by atoms with Crippen molar-refractivity contribution in [1.82, 2.24) is 5.32 Å². The van der Waals surface area contributed by atoms with Crippen LogP contribution in [-0.2, 0) is 4.79 Å². The zero-order valence-electron chi connectivity index (χ0n) is 51.0. The molecule has 0 spiro atoms. The molecule has 0 saturated carbocycles. The van der Waals surface area contributed by atoms with Crippen LogP contribution in [0.2, 0.25) is 0 Å². The zero-order valence-corrected chi connectivity index (χ0v) is 51.0. The highest BCUT2D eigenvalue weighted by Gasteiger charge is 2.28. The Morgan fingerprint density at radius 3 is 0.829 bits per heavy atom. The van der Waals surface area contributed by atoms with E-state index in [1.54, 1.807) is 0 Å². The van der Waals surface area contributed by atoms with Crippen molar-refractivity contribution < 1.29 is 25.2 Å². The molecule has 0 aliphatic carbocycles. The normalized spacial score (nSPS) is 13.8. The number of nitrogens with one attached hydrogen (secondary N) is 1. The maximum absolute atomic E-state index is 12.6. The number of amides is 1. The first-order chi connectivity index (χ1) is 37.5. The minimum atomic E-state index is -1.30. The van der Waals surface area contributed by atoms with Gasteiger partial charge < -0.3 is 25.7 Å². The lowest BCUT2D eigenvalue weighted by Gasteiger charge is -2.27. The Bertz CT molecular complexity index is 1250. The fourth-order valence-electron chi connectivity index (χ4n) is 10.7. The molecule has 1 amide bonds. The molecule has 0 aliphatic rings. The SMILES string of the molecule is CCCCCCCCCCCCCC/C=C\CCCCCCCCCCCCCCCC(O)C(=O)NC(CO)C(O)C(O)CCC/C=C/CC/C=C/CC/C=C/CCCCCCCCCCCCCCCCCCCC. The maximum atomic E-state index is 12.6. The summed E-state index contributed by atoms with van der Waals surface area (Å²) in [7, 11) is 0. The Morgan fingerprint density at radius 2 is 0.553 bits per heavy atom. The monoisotopic (exact) mass is 1070 g/mol. The molecule has 0 aromatic carbocycles. The second-order valence-corrected chi connectivity index (χ2v) is 23.5. The number of hydrogen-bond acceptors (Lipinski definition) is 5. The molecule has 76 heavy (non-hydrogen) atoms. The molecule has 0 aromatic rings. The standard InChI is InChI=1S/C70H133NO5/c1-3-5-7-9-11-13-15-17-19-21-23-25-27-29-31-33-34-36-37-39-41-43-45-47-49-51-53-55-57-59-61-63-67(73)69(75)66(65-72)71-70(76)68(74)64-62-60-58-56-54-52-50-48-46-44-42-40-38-35-32-30-28-26-24-22-20-18-16-14-12-10-8-6-4-2/h30,32,39,41,47,49,55,57,66-69,72-75H,3-29,31,33-38,40,42-46,48,50-54,56,58-65H2,1-2H3,(H,71,76)/b32-30-,41-39+,49-47+,57-55+. The van der Waals surface area contributed by atoms with Gasteiger partial charge in [0, 0.05) is 0 Å². The van der Waals surface area contributed by atoms with Gasteiger partial charge in [0.15, 0.2) is 0 Å². The number of unbranched alkanes of at least 4 members (excludes halogenated alkanes) is 46. The fraction of sp³-hybridized carbons (Fsp3) is 0.871. The van der Waals surface area contributed by atoms with Crippen LogP contribution in [0.4, 0.5) is 0 Å². The van der Waals surface area contributed by atoms with Crippen molar-refractivity contribution in [3.8, 4) is 0 Å². The lowest BCUT2D eigenvalue weighted by atomic mass is 10.00. The molecule has 6 heteroatoms. The van der Waals surface area contributed by atoms with Crippen LogP contribution in [0, 0.1) is 0 Å². The highest BCUT2D eigenvalue weighted by atomic mass is 16.3. The summed E-state index contributed by atoms with van der Waals surface area (Å²) in [5.74, 6) is -0.596. The predicted octanol–water partition coefficient (Wildman–Crippen LogP) is 20.9. The van der Waals surface area contributed by atoms with E-state index in [4.69, 9.17) is 0 Å². The topological polar surface area (TPSA) is 110 Å². The molecule has 0 fully saturated rings. The Labute approximate surface area is 474 Å². The van der Waals surface area contributed by atoms with Crippen LogP contribution in [0.5, 0.6) is 0 Å². The molecule has 4 unspecified atom stereocenters. The van der Waals surface area contributed by atoms with E-state index in [0.717, 1.165) is 51.4 Å². The van der Waals surface area contributed by atoms with Gasteiger partial charge in [0.1, 0.15) is 12.2 Å². The molecule has 0 aliphatic heterocycles. The summed E-state index contributed by atoms with van der Waals surface area (Å²) >= 11 is 0. The molecule has 0 aromatic heterocycles. The highest BCUT2D eigenvalue weighted by Crippen LogP contribution is 2.18. The molecule has 0 radical (unpaired) electrons. The quantitative estimate of drug-likeness (QED) is 0.0308. The second kappa shape index (κ2) is 64.1. The van der Waals surface area contributed by atoms with E-state index in [0.29, 0.717) is 19.3 Å². The molecule has 0 rings (SSSR count). The number of rotatable bonds is 63. The van der Waals surface area contributed by atoms with E-state index >= 15 is 0 Å². The number of hydrogen-bond donors (Lipinski definition) is 5. The predicted molar refractivity (Wildman–Crippen MR) is 334 cm³/mol. The fourth-order valence-corrected chi connectivity index (χ4v) is 10.7. The summed E-state index contributed by atoms with van der Waals surface area (Å²) < 4.78 is 0. The Balaban J connectivity index is 3.63. The first-order valence-corrected chi connectivity index (χ1v) is 34.0. The average Bonchev–Trinajstić information content (AvgIpc) is 3.42. The van der Waals surface area contributed by atoms with Crippen LogP contribution in [0.1, 0.15) is 361 Å². The largest absolute Gasteiger partial charge is 0.394 e. The molecular formula is C70H133NO5. The first kappa shape index (κ1) is 74.3. The summed E-state index contributed by atoms with van der Waals surface area (Å²) in [5, 5.41) is 44.1. The minimum Gasteiger partial charge on any atom is -0.394 e. The van der Waals surface area contributed by atoms with Gasteiger partial charge in [0.05, 0.1) is 18.8 Å². The smallest absolute Gasteiger partial charge is 0.249 e. The van der Waals surface area contributed by atoms with Crippen LogP contribution in [-0.4, -0.2) is 57.3 Å². The van der Waals surface area contributed by atoms with Crippen molar-refractivity contribution in [2.24, 2.45) is 0 Å². The van der Waals surface area contributed by atoms with E-state index in [1.165, 1.54) is 276 Å². The molecule has 6 nitrogen and oxygen atoms in total. The van der Waals surface area contributed by atoms with E-state index in [1.807, 2.05) is 0 Å². The van der Waals surface area contributed by atoms with Crippen LogP contribution >= 0.6 is 0 Å². The van der Waals surface area contributed by atoms with Gasteiger partial charge in [-0.25, -0.2) is 0 Å². The minimum absolute atomic E-state index is 0.359. The number of aliphatic hydroxyl groups is 4. The summed E-state index contributed by atoms with van der Waals surface area (Å²) in [4.78, 5) is 12.6. The average molecular weight is 1070 g/mol. The van der Waals surface area contributed by atoms with Crippen LogP contribution in [0.15, 0.2) is 48.6 Å². The lowest BCUT2D eigenvalue weighted by Crippen LogP contribution is -2.53. The molecule has 448 valence electrons. The Hall–Kier alpha value is -1.73. The Kier molecular flexibility index (Phi) is 62.6. The number of allylic oxidation sites excluding steroid dienone is 8. The van der Waals surface area contributed by atoms with E-state index in [9.17, 15) is 25.2 Å². The first-order valence-electron chi connectivity index (χ1n) is 34.0. The number of aliphatic hydroxyl groups excluding tert-OH is 4. The van der Waals surface area contributed by atoms with Gasteiger partial charge in [0.2, 0.25) is 5.91 Å². The van der Waals surface area contributed by atoms with E-state index in [-0.39, 0.29) is 0 Å².